The summed E-state index contributed by atoms with van der Waals surface area (Å²) in [4.78, 5) is 42.6. The first-order chi connectivity index (χ1) is 15.1. The molecule has 1 aliphatic heterocycles. The molecule has 0 saturated carbocycles. The van der Waals surface area contributed by atoms with Crippen molar-refractivity contribution < 1.29 is 27.6 Å². The lowest BCUT2D eigenvalue weighted by Crippen LogP contribution is -2.51. The normalized spacial score (nSPS) is 19.2. The average molecular weight is 448 g/mol. The van der Waals surface area contributed by atoms with Crippen LogP contribution in [-0.4, -0.2) is 58.6 Å². The average Bonchev–Trinajstić information content (AvgIpc) is 3.38. The maximum atomic E-state index is 14.1. The lowest BCUT2D eigenvalue weighted by atomic mass is 10.0. The summed E-state index contributed by atoms with van der Waals surface area (Å²) in [6.07, 6.45) is 1.22. The summed E-state index contributed by atoms with van der Waals surface area (Å²) in [6.45, 7) is 3.82. The van der Waals surface area contributed by atoms with Crippen molar-refractivity contribution in [2.45, 2.75) is 38.8 Å². The molecule has 3 rings (SSSR count). The zero-order valence-electron chi connectivity index (χ0n) is 17.9. The van der Waals surface area contributed by atoms with Crippen LogP contribution in [0.4, 0.5) is 13.2 Å². The summed E-state index contributed by atoms with van der Waals surface area (Å²) in [5.41, 5.74) is -0.236. The van der Waals surface area contributed by atoms with Gasteiger partial charge in [0.05, 0.1) is 11.6 Å². The molecule has 1 aromatic carbocycles. The van der Waals surface area contributed by atoms with Gasteiger partial charge in [0.1, 0.15) is 24.1 Å². The third kappa shape index (κ3) is 4.20. The number of carbonyl (C=O) groups excluding carboxylic acids is 3. The molecule has 2 aromatic rings. The van der Waals surface area contributed by atoms with Crippen LogP contribution in [0.3, 0.4) is 0 Å². The van der Waals surface area contributed by atoms with E-state index in [9.17, 15) is 32.8 Å². The molecule has 1 saturated heterocycles. The van der Waals surface area contributed by atoms with Gasteiger partial charge in [0, 0.05) is 31.0 Å². The van der Waals surface area contributed by atoms with Gasteiger partial charge in [-0.1, -0.05) is 13.8 Å². The number of likely N-dealkylation sites (tertiary alicyclic amines) is 1. The summed E-state index contributed by atoms with van der Waals surface area (Å²) < 4.78 is 41.2. The van der Waals surface area contributed by atoms with Crippen molar-refractivity contribution in [2.24, 2.45) is 11.8 Å². The molecular formula is C22H23F3N4O3. The largest absolute Gasteiger partial charge is 0.350 e. The van der Waals surface area contributed by atoms with Crippen molar-refractivity contribution in [3.05, 3.63) is 35.3 Å². The van der Waals surface area contributed by atoms with Gasteiger partial charge in [0.15, 0.2) is 17.5 Å². The minimum Gasteiger partial charge on any atom is -0.350 e. The first-order valence-electron chi connectivity index (χ1n) is 10.2. The smallest absolute Gasteiger partial charge is 0.270 e. The number of halogens is 3. The molecule has 3 atom stereocenters. The van der Waals surface area contributed by atoms with E-state index < -0.39 is 47.3 Å². The molecule has 10 heteroatoms. The topological polar surface area (TPSA) is 97.3 Å². The van der Waals surface area contributed by atoms with Crippen LogP contribution in [0.15, 0.2) is 12.1 Å². The van der Waals surface area contributed by atoms with E-state index in [-0.39, 0.29) is 41.9 Å². The van der Waals surface area contributed by atoms with Gasteiger partial charge in [-0.15, -0.1) is 0 Å². The van der Waals surface area contributed by atoms with Crippen molar-refractivity contribution in [1.29, 1.82) is 5.26 Å². The van der Waals surface area contributed by atoms with Crippen molar-refractivity contribution in [3.8, 4) is 6.07 Å². The number of benzene rings is 1. The fraction of sp³-hybridized carbons (Fsp3) is 0.455. The van der Waals surface area contributed by atoms with Crippen LogP contribution in [0.2, 0.25) is 0 Å². The molecule has 1 aliphatic rings. The van der Waals surface area contributed by atoms with Gasteiger partial charge < -0.3 is 19.6 Å². The highest BCUT2D eigenvalue weighted by Crippen LogP contribution is 2.27. The molecule has 3 unspecified atom stereocenters. The molecule has 0 bridgehead atoms. The second kappa shape index (κ2) is 9.02. The SMILES string of the molecule is CC(C)CC(C(=O)N1CC(C=O)CC1C#N)N(C)C(=O)c1cc2c(F)c(F)c(F)cc2[nH]1. The Hall–Kier alpha value is -3.35. The van der Waals surface area contributed by atoms with Gasteiger partial charge in [-0.2, -0.15) is 5.26 Å². The number of aromatic amines is 1. The van der Waals surface area contributed by atoms with Crippen molar-refractivity contribution in [2.75, 3.05) is 13.6 Å². The Labute approximate surface area is 182 Å². The molecule has 1 fully saturated rings. The van der Waals surface area contributed by atoms with Crippen LogP contribution in [0.5, 0.6) is 0 Å². The molecule has 2 heterocycles. The molecule has 170 valence electrons. The summed E-state index contributed by atoms with van der Waals surface area (Å²) in [6, 6.07) is 2.12. The van der Waals surface area contributed by atoms with Gasteiger partial charge in [-0.05, 0) is 24.8 Å². The lowest BCUT2D eigenvalue weighted by Gasteiger charge is -2.32. The zero-order valence-corrected chi connectivity index (χ0v) is 17.9. The Balaban J connectivity index is 1.93. The number of carbonyl (C=O) groups is 3. The maximum Gasteiger partial charge on any atom is 0.270 e. The molecule has 0 radical (unpaired) electrons. The Morgan fingerprint density at radius 1 is 1.31 bits per heavy atom. The highest BCUT2D eigenvalue weighted by Gasteiger charge is 2.40. The third-order valence-corrected chi connectivity index (χ3v) is 5.71. The van der Waals surface area contributed by atoms with E-state index in [0.717, 1.165) is 12.1 Å². The second-order valence-electron chi connectivity index (χ2n) is 8.46. The summed E-state index contributed by atoms with van der Waals surface area (Å²) in [7, 11) is 1.39. The van der Waals surface area contributed by atoms with Gasteiger partial charge in [0.2, 0.25) is 5.91 Å². The number of nitrogens with one attached hydrogen (secondary N) is 1. The number of likely N-dealkylation sites (N-methyl/N-ethyl adjacent to an activating group) is 1. The minimum atomic E-state index is -1.64. The highest BCUT2D eigenvalue weighted by molar-refractivity contribution is 6.00. The number of nitriles is 1. The van der Waals surface area contributed by atoms with Crippen molar-refractivity contribution in [3.63, 3.8) is 0 Å². The van der Waals surface area contributed by atoms with Crippen molar-refractivity contribution >= 4 is 29.0 Å². The number of H-pyrrole nitrogens is 1. The Morgan fingerprint density at radius 2 is 2.00 bits per heavy atom. The number of amides is 2. The number of aromatic nitrogens is 1. The van der Waals surface area contributed by atoms with Crippen LogP contribution >= 0.6 is 0 Å². The third-order valence-electron chi connectivity index (χ3n) is 5.71. The molecule has 2 amide bonds. The standard InChI is InChI=1S/C22H23F3N4O3/c1-11(2)4-18(22(32)29-9-12(10-30)5-13(29)8-26)28(3)21(31)17-6-14-16(27-17)7-15(23)20(25)19(14)24/h6-7,10-13,18,27H,4-5,9H2,1-3H3. The van der Waals surface area contributed by atoms with E-state index in [4.69, 9.17) is 0 Å². The number of hydrogen-bond donors (Lipinski definition) is 1. The number of fused-ring (bicyclic) bond motifs is 1. The second-order valence-corrected chi connectivity index (χ2v) is 8.46. The monoisotopic (exact) mass is 448 g/mol. The maximum absolute atomic E-state index is 14.1. The first-order valence-corrected chi connectivity index (χ1v) is 10.2. The number of hydrogen-bond acceptors (Lipinski definition) is 4. The van der Waals surface area contributed by atoms with E-state index in [1.54, 1.807) is 0 Å². The fourth-order valence-electron chi connectivity index (χ4n) is 4.02. The highest BCUT2D eigenvalue weighted by atomic mass is 19.2. The van der Waals surface area contributed by atoms with Gasteiger partial charge in [-0.25, -0.2) is 13.2 Å². The van der Waals surface area contributed by atoms with E-state index in [1.807, 2.05) is 19.9 Å². The summed E-state index contributed by atoms with van der Waals surface area (Å²) in [5.74, 6) is -6.04. The van der Waals surface area contributed by atoms with E-state index in [0.29, 0.717) is 6.29 Å². The van der Waals surface area contributed by atoms with Crippen LogP contribution in [0.1, 0.15) is 37.2 Å². The summed E-state index contributed by atoms with van der Waals surface area (Å²) in [5, 5.41) is 9.11. The quantitative estimate of drug-likeness (QED) is 0.543. The molecule has 7 nitrogen and oxygen atoms in total. The van der Waals surface area contributed by atoms with Gasteiger partial charge >= 0.3 is 0 Å². The van der Waals surface area contributed by atoms with E-state index in [2.05, 4.69) is 4.98 Å². The summed E-state index contributed by atoms with van der Waals surface area (Å²) >= 11 is 0. The van der Waals surface area contributed by atoms with Crippen LogP contribution in [0, 0.1) is 40.6 Å². The molecule has 32 heavy (non-hydrogen) atoms. The molecule has 1 N–H and O–H groups in total. The van der Waals surface area contributed by atoms with Gasteiger partial charge in [-0.3, -0.25) is 9.59 Å². The predicted octanol–water partition coefficient (Wildman–Crippen LogP) is 3.01. The number of aldehydes is 1. The Bertz CT molecular complexity index is 1110. The molecule has 1 aromatic heterocycles. The molecule has 0 spiro atoms. The van der Waals surface area contributed by atoms with E-state index in [1.165, 1.54) is 16.8 Å². The fourth-order valence-corrected chi connectivity index (χ4v) is 4.02. The Morgan fingerprint density at radius 3 is 2.59 bits per heavy atom. The number of nitrogens with zero attached hydrogens (tertiary/aromatic N) is 3. The Kier molecular flexibility index (Phi) is 6.57. The van der Waals surface area contributed by atoms with Crippen LogP contribution in [0.25, 0.3) is 10.9 Å². The van der Waals surface area contributed by atoms with Crippen molar-refractivity contribution in [1.82, 2.24) is 14.8 Å². The number of rotatable bonds is 6. The van der Waals surface area contributed by atoms with Crippen LogP contribution in [-0.2, 0) is 9.59 Å². The lowest BCUT2D eigenvalue weighted by molar-refractivity contribution is -0.136. The zero-order chi connectivity index (χ0) is 23.7. The minimum absolute atomic E-state index is 0.00700. The first kappa shape index (κ1) is 23.3. The van der Waals surface area contributed by atoms with E-state index >= 15 is 0 Å². The predicted molar refractivity (Wildman–Crippen MR) is 109 cm³/mol. The molecular weight excluding hydrogens is 425 g/mol. The molecule has 0 aliphatic carbocycles. The van der Waals surface area contributed by atoms with Crippen LogP contribution < -0.4 is 0 Å². The van der Waals surface area contributed by atoms with Gasteiger partial charge in [0.25, 0.3) is 5.91 Å².